The Balaban J connectivity index is 0.00000300. The molecule has 2 heterocycles. The van der Waals surface area contributed by atoms with Crippen molar-refractivity contribution in [2.45, 2.75) is 20.0 Å². The van der Waals surface area contributed by atoms with Gasteiger partial charge in [-0.15, -0.1) is 24.0 Å². The van der Waals surface area contributed by atoms with Crippen LogP contribution in [0.5, 0.6) is 5.75 Å². The highest BCUT2D eigenvalue weighted by molar-refractivity contribution is 14.0. The molecule has 0 unspecified atom stereocenters. The predicted molar refractivity (Wildman–Crippen MR) is 126 cm³/mol. The second-order valence-corrected chi connectivity index (χ2v) is 6.13. The van der Waals surface area contributed by atoms with Gasteiger partial charge in [0.25, 0.3) is 0 Å². The molecular formula is C21H27IN6O. The molecule has 3 rings (SSSR count). The van der Waals surface area contributed by atoms with Crippen LogP contribution in [0, 0.1) is 0 Å². The zero-order chi connectivity index (χ0) is 19.4. The summed E-state index contributed by atoms with van der Waals surface area (Å²) in [5.41, 5.74) is 2.40. The van der Waals surface area contributed by atoms with Crippen molar-refractivity contribution in [3.8, 4) is 5.75 Å². The minimum absolute atomic E-state index is 0. The van der Waals surface area contributed by atoms with Gasteiger partial charge in [0.2, 0.25) is 0 Å². The van der Waals surface area contributed by atoms with E-state index in [4.69, 9.17) is 9.73 Å². The SMILES string of the molecule is CCNC(=NCc1ccccc1Cn1cccn1)NCCOc1cccnc1.I. The van der Waals surface area contributed by atoms with E-state index < -0.39 is 0 Å². The molecule has 0 aliphatic rings. The summed E-state index contributed by atoms with van der Waals surface area (Å²) >= 11 is 0. The molecule has 0 atom stereocenters. The quantitative estimate of drug-likeness (QED) is 0.202. The van der Waals surface area contributed by atoms with Crippen molar-refractivity contribution in [3.63, 3.8) is 0 Å². The van der Waals surface area contributed by atoms with Crippen LogP contribution in [0.1, 0.15) is 18.1 Å². The monoisotopic (exact) mass is 506 g/mol. The van der Waals surface area contributed by atoms with Gasteiger partial charge in [-0.3, -0.25) is 9.67 Å². The first-order valence-electron chi connectivity index (χ1n) is 9.44. The topological polar surface area (TPSA) is 76.4 Å². The standard InChI is InChI=1S/C21H26N6O.HI/c1-2-23-21(24-12-14-28-20-9-5-10-22-16-20)25-15-18-7-3-4-8-19(18)17-27-13-6-11-26-27;/h3-11,13,16H,2,12,14-15,17H2,1H3,(H2,23,24,25);1H. The molecule has 8 heteroatoms. The van der Waals surface area contributed by atoms with Crippen molar-refractivity contribution in [1.82, 2.24) is 25.4 Å². The van der Waals surface area contributed by atoms with E-state index in [2.05, 4.69) is 39.8 Å². The molecule has 3 aromatic rings. The fourth-order valence-electron chi connectivity index (χ4n) is 2.71. The molecule has 7 nitrogen and oxygen atoms in total. The van der Waals surface area contributed by atoms with Gasteiger partial charge >= 0.3 is 0 Å². The molecule has 0 aliphatic heterocycles. The zero-order valence-electron chi connectivity index (χ0n) is 16.5. The molecule has 2 aromatic heterocycles. The molecule has 154 valence electrons. The number of guanidine groups is 1. The minimum atomic E-state index is 0. The van der Waals surface area contributed by atoms with Crippen LogP contribution >= 0.6 is 24.0 Å². The van der Waals surface area contributed by atoms with Gasteiger partial charge in [-0.05, 0) is 36.2 Å². The number of hydrogen-bond donors (Lipinski definition) is 2. The average Bonchev–Trinajstić information content (AvgIpc) is 3.24. The Morgan fingerprint density at radius 3 is 2.66 bits per heavy atom. The van der Waals surface area contributed by atoms with Gasteiger partial charge < -0.3 is 15.4 Å². The Labute approximate surface area is 188 Å². The average molecular weight is 506 g/mol. The first kappa shape index (κ1) is 22.7. The summed E-state index contributed by atoms with van der Waals surface area (Å²) in [7, 11) is 0. The van der Waals surface area contributed by atoms with E-state index in [9.17, 15) is 0 Å². The lowest BCUT2D eigenvalue weighted by molar-refractivity contribution is 0.320. The van der Waals surface area contributed by atoms with Gasteiger partial charge in [0.1, 0.15) is 12.4 Å². The van der Waals surface area contributed by atoms with Crippen LogP contribution in [0.3, 0.4) is 0 Å². The molecule has 0 spiro atoms. The van der Waals surface area contributed by atoms with Crippen LogP contribution in [0.2, 0.25) is 0 Å². The maximum absolute atomic E-state index is 5.66. The van der Waals surface area contributed by atoms with E-state index >= 15 is 0 Å². The molecule has 0 saturated heterocycles. The Morgan fingerprint density at radius 2 is 1.93 bits per heavy atom. The van der Waals surface area contributed by atoms with E-state index in [0.29, 0.717) is 19.7 Å². The number of nitrogens with one attached hydrogen (secondary N) is 2. The fourth-order valence-corrected chi connectivity index (χ4v) is 2.71. The highest BCUT2D eigenvalue weighted by Crippen LogP contribution is 2.11. The van der Waals surface area contributed by atoms with E-state index in [0.717, 1.165) is 24.8 Å². The second kappa shape index (κ2) is 12.8. The summed E-state index contributed by atoms with van der Waals surface area (Å²) in [5, 5.41) is 10.9. The summed E-state index contributed by atoms with van der Waals surface area (Å²) in [4.78, 5) is 8.75. The number of aromatic nitrogens is 3. The molecule has 29 heavy (non-hydrogen) atoms. The normalized spacial score (nSPS) is 10.9. The molecule has 0 radical (unpaired) electrons. The number of hydrogen-bond acceptors (Lipinski definition) is 4. The van der Waals surface area contributed by atoms with Crippen molar-refractivity contribution in [2.75, 3.05) is 19.7 Å². The van der Waals surface area contributed by atoms with Crippen LogP contribution in [-0.2, 0) is 13.1 Å². The van der Waals surface area contributed by atoms with Gasteiger partial charge in [0.05, 0.1) is 25.8 Å². The van der Waals surface area contributed by atoms with Gasteiger partial charge in [-0.2, -0.15) is 5.10 Å². The Hall–Kier alpha value is -2.62. The third-order valence-electron chi connectivity index (χ3n) is 4.06. The molecule has 0 saturated carbocycles. The van der Waals surface area contributed by atoms with Gasteiger partial charge in [-0.25, -0.2) is 4.99 Å². The maximum Gasteiger partial charge on any atom is 0.191 e. The number of benzene rings is 1. The third kappa shape index (κ3) is 7.72. The number of rotatable bonds is 9. The van der Waals surface area contributed by atoms with Crippen LogP contribution < -0.4 is 15.4 Å². The van der Waals surface area contributed by atoms with Crippen LogP contribution in [-0.4, -0.2) is 40.4 Å². The first-order chi connectivity index (χ1) is 13.8. The number of ether oxygens (including phenoxy) is 1. The van der Waals surface area contributed by atoms with Crippen LogP contribution in [0.25, 0.3) is 0 Å². The zero-order valence-corrected chi connectivity index (χ0v) is 18.8. The Morgan fingerprint density at radius 1 is 1.07 bits per heavy atom. The molecule has 0 amide bonds. The highest BCUT2D eigenvalue weighted by atomic mass is 127. The van der Waals surface area contributed by atoms with Gasteiger partial charge in [0.15, 0.2) is 5.96 Å². The lowest BCUT2D eigenvalue weighted by Crippen LogP contribution is -2.39. The summed E-state index contributed by atoms with van der Waals surface area (Å²) in [6.07, 6.45) is 7.19. The molecule has 0 bridgehead atoms. The van der Waals surface area contributed by atoms with E-state index in [1.165, 1.54) is 11.1 Å². The molecule has 2 N–H and O–H groups in total. The van der Waals surface area contributed by atoms with Gasteiger partial charge in [-0.1, -0.05) is 24.3 Å². The first-order valence-corrected chi connectivity index (χ1v) is 9.44. The van der Waals surface area contributed by atoms with Crippen molar-refractivity contribution >= 4 is 29.9 Å². The number of halogens is 1. The Bertz CT molecular complexity index is 855. The van der Waals surface area contributed by atoms with Crippen LogP contribution in [0.15, 0.2) is 72.2 Å². The van der Waals surface area contributed by atoms with Gasteiger partial charge in [0, 0.05) is 25.1 Å². The highest BCUT2D eigenvalue weighted by Gasteiger charge is 2.04. The molecule has 0 fully saturated rings. The lowest BCUT2D eigenvalue weighted by Gasteiger charge is -2.13. The molecule has 0 aliphatic carbocycles. The smallest absolute Gasteiger partial charge is 0.191 e. The largest absolute Gasteiger partial charge is 0.490 e. The van der Waals surface area contributed by atoms with Crippen molar-refractivity contribution in [1.29, 1.82) is 0 Å². The fraction of sp³-hybridized carbons (Fsp3) is 0.286. The molecular weight excluding hydrogens is 479 g/mol. The lowest BCUT2D eigenvalue weighted by atomic mass is 10.1. The summed E-state index contributed by atoms with van der Waals surface area (Å²) in [6.45, 7) is 5.36. The second-order valence-electron chi connectivity index (χ2n) is 6.13. The summed E-state index contributed by atoms with van der Waals surface area (Å²) in [5.74, 6) is 1.53. The summed E-state index contributed by atoms with van der Waals surface area (Å²) < 4.78 is 7.58. The third-order valence-corrected chi connectivity index (χ3v) is 4.06. The van der Waals surface area contributed by atoms with Crippen molar-refractivity contribution < 1.29 is 4.74 Å². The van der Waals surface area contributed by atoms with E-state index in [1.807, 2.05) is 41.2 Å². The van der Waals surface area contributed by atoms with Crippen molar-refractivity contribution in [3.05, 3.63) is 78.4 Å². The van der Waals surface area contributed by atoms with Crippen LogP contribution in [0.4, 0.5) is 0 Å². The van der Waals surface area contributed by atoms with E-state index in [-0.39, 0.29) is 24.0 Å². The van der Waals surface area contributed by atoms with Crippen molar-refractivity contribution in [2.24, 2.45) is 4.99 Å². The molecule has 1 aromatic carbocycles. The number of nitrogens with zero attached hydrogens (tertiary/aromatic N) is 4. The summed E-state index contributed by atoms with van der Waals surface area (Å²) in [6, 6.07) is 14.0. The predicted octanol–water partition coefficient (Wildman–Crippen LogP) is 3.08. The number of pyridine rings is 1. The number of aliphatic imine (C=N–C) groups is 1. The Kier molecular flexibility index (Phi) is 9.98. The maximum atomic E-state index is 5.66. The van der Waals surface area contributed by atoms with E-state index in [1.54, 1.807) is 18.6 Å². The minimum Gasteiger partial charge on any atom is -0.490 e.